The van der Waals surface area contributed by atoms with Crippen molar-refractivity contribution in [1.82, 2.24) is 4.90 Å². The fourth-order valence-corrected chi connectivity index (χ4v) is 2.05. The van der Waals surface area contributed by atoms with E-state index in [4.69, 9.17) is 0 Å². The molecule has 76 valence electrons. The number of hydrogen-bond acceptors (Lipinski definition) is 1. The predicted octanol–water partition coefficient (Wildman–Crippen LogP) is 3.07. The lowest BCUT2D eigenvalue weighted by Crippen LogP contribution is -2.41. The van der Waals surface area contributed by atoms with Crippen molar-refractivity contribution in [3.8, 4) is 0 Å². The van der Waals surface area contributed by atoms with Gasteiger partial charge in [0.2, 0.25) is 0 Å². The van der Waals surface area contributed by atoms with Gasteiger partial charge in [-0.3, -0.25) is 0 Å². The Kier molecular flexibility index (Phi) is 3.98. The second-order valence-electron chi connectivity index (χ2n) is 4.47. The first-order chi connectivity index (χ1) is 6.13. The zero-order chi connectivity index (χ0) is 9.84. The molecule has 1 saturated heterocycles. The van der Waals surface area contributed by atoms with Gasteiger partial charge in [-0.05, 0) is 45.7 Å². The number of likely N-dealkylation sites (tertiary alicyclic amines) is 1. The van der Waals surface area contributed by atoms with Crippen LogP contribution in [0.25, 0.3) is 0 Å². The minimum absolute atomic E-state index is 0.637. The first-order valence-electron chi connectivity index (χ1n) is 5.52. The van der Waals surface area contributed by atoms with Gasteiger partial charge in [-0.15, -0.1) is 0 Å². The zero-order valence-corrected chi connectivity index (χ0v) is 9.34. The minimum atomic E-state index is 0.637. The molecule has 13 heavy (non-hydrogen) atoms. The van der Waals surface area contributed by atoms with Crippen LogP contribution in [0, 0.1) is 5.92 Å². The number of rotatable bonds is 3. The Balaban J connectivity index is 2.44. The molecule has 0 amide bonds. The molecule has 0 aromatic rings. The number of piperidine rings is 1. The van der Waals surface area contributed by atoms with Gasteiger partial charge in [-0.2, -0.15) is 0 Å². The lowest BCUT2D eigenvalue weighted by molar-refractivity contribution is 0.146. The highest BCUT2D eigenvalue weighted by Gasteiger charge is 2.21. The summed E-state index contributed by atoms with van der Waals surface area (Å²) in [5.41, 5.74) is 1.32. The number of hydrogen-bond donors (Lipinski definition) is 0. The van der Waals surface area contributed by atoms with Crippen molar-refractivity contribution in [2.45, 2.75) is 46.1 Å². The molecule has 1 heteroatoms. The van der Waals surface area contributed by atoms with E-state index < -0.39 is 0 Å². The van der Waals surface area contributed by atoms with Gasteiger partial charge in [-0.25, -0.2) is 0 Å². The van der Waals surface area contributed by atoms with Gasteiger partial charge in [0.15, 0.2) is 0 Å². The molecule has 1 aliphatic heterocycles. The van der Waals surface area contributed by atoms with E-state index in [1.165, 1.54) is 37.9 Å². The second kappa shape index (κ2) is 4.80. The molecule has 0 bridgehead atoms. The fourth-order valence-electron chi connectivity index (χ4n) is 2.05. The van der Waals surface area contributed by atoms with Gasteiger partial charge in [0, 0.05) is 6.04 Å². The van der Waals surface area contributed by atoms with Gasteiger partial charge >= 0.3 is 0 Å². The van der Waals surface area contributed by atoms with Gasteiger partial charge in [0.25, 0.3) is 0 Å². The summed E-state index contributed by atoms with van der Waals surface area (Å²) in [6, 6.07) is 0.679. The highest BCUT2D eigenvalue weighted by atomic mass is 15.2. The predicted molar refractivity (Wildman–Crippen MR) is 58.9 cm³/mol. The summed E-state index contributed by atoms with van der Waals surface area (Å²) >= 11 is 0. The average molecular weight is 181 g/mol. The van der Waals surface area contributed by atoms with Crippen molar-refractivity contribution in [1.29, 1.82) is 0 Å². The maximum absolute atomic E-state index is 4.04. The van der Waals surface area contributed by atoms with E-state index in [-0.39, 0.29) is 0 Å². The molecule has 0 radical (unpaired) electrons. The lowest BCUT2D eigenvalue weighted by Gasteiger charge is -2.36. The first-order valence-corrected chi connectivity index (χ1v) is 5.52. The Bertz CT molecular complexity index is 168. The summed E-state index contributed by atoms with van der Waals surface area (Å²) in [5, 5.41) is 0. The normalized spacial score (nSPS) is 23.9. The van der Waals surface area contributed by atoms with Crippen LogP contribution in [0.4, 0.5) is 0 Å². The van der Waals surface area contributed by atoms with E-state index in [0.29, 0.717) is 12.0 Å². The second-order valence-corrected chi connectivity index (χ2v) is 4.47. The molecular formula is C12H23N. The molecular weight excluding hydrogens is 158 g/mol. The van der Waals surface area contributed by atoms with E-state index in [2.05, 4.69) is 32.3 Å². The van der Waals surface area contributed by atoms with Crippen molar-refractivity contribution in [3.05, 3.63) is 12.2 Å². The molecule has 2 atom stereocenters. The molecule has 1 heterocycles. The Hall–Kier alpha value is -0.300. The third-order valence-corrected chi connectivity index (χ3v) is 3.47. The summed E-state index contributed by atoms with van der Waals surface area (Å²) < 4.78 is 0. The molecule has 1 fully saturated rings. The van der Waals surface area contributed by atoms with E-state index >= 15 is 0 Å². The van der Waals surface area contributed by atoms with Crippen molar-refractivity contribution >= 4 is 0 Å². The molecule has 0 saturated carbocycles. The fraction of sp³-hybridized carbons (Fsp3) is 0.833. The van der Waals surface area contributed by atoms with Crippen LogP contribution < -0.4 is 0 Å². The molecule has 0 aromatic heterocycles. The highest BCUT2D eigenvalue weighted by Crippen LogP contribution is 2.21. The monoisotopic (exact) mass is 181 g/mol. The van der Waals surface area contributed by atoms with E-state index in [1.807, 2.05) is 0 Å². The van der Waals surface area contributed by atoms with E-state index in [9.17, 15) is 0 Å². The van der Waals surface area contributed by atoms with Crippen LogP contribution in [-0.2, 0) is 0 Å². The van der Waals surface area contributed by atoms with Crippen LogP contribution in [0.3, 0.4) is 0 Å². The first kappa shape index (κ1) is 10.8. The zero-order valence-electron chi connectivity index (χ0n) is 9.34. The largest absolute Gasteiger partial charge is 0.300 e. The van der Waals surface area contributed by atoms with Crippen LogP contribution in [0.2, 0.25) is 0 Å². The van der Waals surface area contributed by atoms with Crippen LogP contribution >= 0.6 is 0 Å². The van der Waals surface area contributed by atoms with Gasteiger partial charge in [0.1, 0.15) is 0 Å². The van der Waals surface area contributed by atoms with Crippen LogP contribution in [0.5, 0.6) is 0 Å². The minimum Gasteiger partial charge on any atom is -0.300 e. The molecule has 0 aliphatic carbocycles. The molecule has 1 rings (SSSR count). The SMILES string of the molecule is C=C(C)C(C)C(C)N1CCCCC1. The van der Waals surface area contributed by atoms with E-state index in [0.717, 1.165) is 0 Å². The topological polar surface area (TPSA) is 3.24 Å². The maximum atomic E-state index is 4.04. The summed E-state index contributed by atoms with van der Waals surface area (Å²) in [6.45, 7) is 13.4. The van der Waals surface area contributed by atoms with E-state index in [1.54, 1.807) is 0 Å². The molecule has 0 spiro atoms. The van der Waals surface area contributed by atoms with Crippen LogP contribution in [-0.4, -0.2) is 24.0 Å². The van der Waals surface area contributed by atoms with Gasteiger partial charge < -0.3 is 4.90 Å². The van der Waals surface area contributed by atoms with Crippen molar-refractivity contribution < 1.29 is 0 Å². The third-order valence-electron chi connectivity index (χ3n) is 3.47. The summed E-state index contributed by atoms with van der Waals surface area (Å²) in [6.07, 6.45) is 4.19. The quantitative estimate of drug-likeness (QED) is 0.605. The maximum Gasteiger partial charge on any atom is 0.0129 e. The third kappa shape index (κ3) is 2.84. The molecule has 1 aliphatic rings. The Morgan fingerprint density at radius 3 is 2.15 bits per heavy atom. The van der Waals surface area contributed by atoms with Crippen molar-refractivity contribution in [2.24, 2.45) is 5.92 Å². The highest BCUT2D eigenvalue weighted by molar-refractivity contribution is 4.98. The molecule has 0 aromatic carbocycles. The van der Waals surface area contributed by atoms with Crippen molar-refractivity contribution in [2.75, 3.05) is 13.1 Å². The summed E-state index contributed by atoms with van der Waals surface area (Å²) in [5.74, 6) is 0.637. The standard InChI is InChI=1S/C12H23N/c1-10(2)11(3)12(4)13-8-6-5-7-9-13/h11-12H,1,5-9H2,2-4H3. The smallest absolute Gasteiger partial charge is 0.0129 e. The molecule has 0 N–H and O–H groups in total. The van der Waals surface area contributed by atoms with Crippen molar-refractivity contribution in [3.63, 3.8) is 0 Å². The van der Waals surface area contributed by atoms with Crippen LogP contribution in [0.15, 0.2) is 12.2 Å². The van der Waals surface area contributed by atoms with Gasteiger partial charge in [-0.1, -0.05) is 25.5 Å². The molecule has 1 nitrogen and oxygen atoms in total. The lowest BCUT2D eigenvalue weighted by atomic mass is 9.94. The number of nitrogens with zero attached hydrogens (tertiary/aromatic N) is 1. The summed E-state index contributed by atoms with van der Waals surface area (Å²) in [4.78, 5) is 2.61. The average Bonchev–Trinajstić information content (AvgIpc) is 2.17. The van der Waals surface area contributed by atoms with Crippen LogP contribution in [0.1, 0.15) is 40.0 Å². The summed E-state index contributed by atoms with van der Waals surface area (Å²) in [7, 11) is 0. The Morgan fingerprint density at radius 1 is 1.15 bits per heavy atom. The molecule has 2 unspecified atom stereocenters. The Labute approximate surface area is 82.8 Å². The Morgan fingerprint density at radius 2 is 1.69 bits per heavy atom. The van der Waals surface area contributed by atoms with Gasteiger partial charge in [0.05, 0.1) is 0 Å².